The van der Waals surface area contributed by atoms with Gasteiger partial charge in [-0.05, 0) is 19.3 Å². The molecule has 2 amide bonds. The number of hydrogen-bond acceptors (Lipinski definition) is 5. The molecule has 0 radical (unpaired) electrons. The van der Waals surface area contributed by atoms with Crippen LogP contribution in [-0.4, -0.2) is 69.5 Å². The van der Waals surface area contributed by atoms with E-state index in [1.807, 2.05) is 11.9 Å². The Labute approximate surface area is 135 Å². The van der Waals surface area contributed by atoms with Gasteiger partial charge in [0, 0.05) is 51.2 Å². The molecular weight excluding hydrogens is 296 g/mol. The van der Waals surface area contributed by atoms with Crippen LogP contribution in [0.2, 0.25) is 0 Å². The van der Waals surface area contributed by atoms with E-state index in [0.717, 1.165) is 12.1 Å². The smallest absolute Gasteiger partial charge is 0.248 e. The molecule has 2 aliphatic heterocycles. The van der Waals surface area contributed by atoms with Gasteiger partial charge in [-0.15, -0.1) is 0 Å². The predicted molar refractivity (Wildman–Crippen MR) is 82.2 cm³/mol. The molecule has 2 saturated heterocycles. The number of likely N-dealkylation sites (N-methyl/N-ethyl adjacent to an activating group) is 1. The van der Waals surface area contributed by atoms with Gasteiger partial charge in [0.15, 0.2) is 0 Å². The van der Waals surface area contributed by atoms with Crippen LogP contribution in [0, 0.1) is 5.41 Å². The molecule has 0 saturated carbocycles. The zero-order chi connectivity index (χ0) is 16.4. The molecule has 1 atom stereocenters. The Kier molecular flexibility index (Phi) is 4.30. The average molecular weight is 318 g/mol. The zero-order valence-corrected chi connectivity index (χ0v) is 13.3. The molecule has 0 aliphatic carbocycles. The zero-order valence-electron chi connectivity index (χ0n) is 13.3. The first-order valence-corrected chi connectivity index (χ1v) is 7.96. The number of rotatable bonds is 3. The first-order chi connectivity index (χ1) is 11.1. The van der Waals surface area contributed by atoms with E-state index in [1.54, 1.807) is 23.5 Å². The van der Waals surface area contributed by atoms with E-state index in [4.69, 9.17) is 5.11 Å². The number of aromatic nitrogens is 2. The van der Waals surface area contributed by atoms with Crippen molar-refractivity contribution in [3.63, 3.8) is 0 Å². The van der Waals surface area contributed by atoms with Crippen LogP contribution in [0.25, 0.3) is 0 Å². The number of hydrogen-bond donors (Lipinski definition) is 1. The summed E-state index contributed by atoms with van der Waals surface area (Å²) in [7, 11) is 1.85. The standard InChI is InChI=1S/C16H22N4O3/c1-19-13(8-12-10-17-4-5-18-12)9-16(15(19)23)2-6-20(7-3-16)14(22)11-21/h4-5,10,13,21H,2-3,6-9,11H2,1H3/t13-/m1/s1. The van der Waals surface area contributed by atoms with Crippen molar-refractivity contribution in [1.82, 2.24) is 19.8 Å². The second-order valence-electron chi connectivity index (χ2n) is 6.49. The van der Waals surface area contributed by atoms with Gasteiger partial charge in [-0.25, -0.2) is 0 Å². The van der Waals surface area contributed by atoms with Crippen molar-refractivity contribution in [2.45, 2.75) is 31.7 Å². The molecule has 0 unspecified atom stereocenters. The summed E-state index contributed by atoms with van der Waals surface area (Å²) in [5.74, 6) is -0.0859. The molecular formula is C16H22N4O3. The van der Waals surface area contributed by atoms with Crippen molar-refractivity contribution < 1.29 is 14.7 Å². The number of carbonyl (C=O) groups excluding carboxylic acids is 2. The minimum absolute atomic E-state index is 0.124. The van der Waals surface area contributed by atoms with Gasteiger partial charge in [-0.2, -0.15) is 0 Å². The fourth-order valence-corrected chi connectivity index (χ4v) is 3.80. The molecule has 0 bridgehead atoms. The SMILES string of the molecule is CN1C(=O)C2(CCN(C(=O)CO)CC2)C[C@H]1Cc1cnccn1. The molecule has 1 aromatic rings. The highest BCUT2D eigenvalue weighted by molar-refractivity contribution is 5.86. The lowest BCUT2D eigenvalue weighted by atomic mass is 9.75. The topological polar surface area (TPSA) is 86.6 Å². The molecule has 1 spiro atoms. The van der Waals surface area contributed by atoms with Crippen molar-refractivity contribution in [3.8, 4) is 0 Å². The van der Waals surface area contributed by atoms with Crippen molar-refractivity contribution in [2.24, 2.45) is 5.41 Å². The third kappa shape index (κ3) is 2.93. The highest BCUT2D eigenvalue weighted by Gasteiger charge is 2.51. The van der Waals surface area contributed by atoms with E-state index in [9.17, 15) is 9.59 Å². The summed E-state index contributed by atoms with van der Waals surface area (Å²) in [6, 6.07) is 0.124. The van der Waals surface area contributed by atoms with Crippen molar-refractivity contribution in [1.29, 1.82) is 0 Å². The Balaban J connectivity index is 1.68. The molecule has 2 aliphatic rings. The maximum Gasteiger partial charge on any atom is 0.248 e. The quantitative estimate of drug-likeness (QED) is 0.837. The Morgan fingerprint density at radius 3 is 2.74 bits per heavy atom. The fraction of sp³-hybridized carbons (Fsp3) is 0.625. The van der Waals surface area contributed by atoms with Crippen molar-refractivity contribution in [2.75, 3.05) is 26.7 Å². The summed E-state index contributed by atoms with van der Waals surface area (Å²) in [5, 5.41) is 8.96. The number of piperidine rings is 1. The van der Waals surface area contributed by atoms with Gasteiger partial charge in [-0.3, -0.25) is 19.6 Å². The van der Waals surface area contributed by atoms with Gasteiger partial charge in [-0.1, -0.05) is 0 Å². The van der Waals surface area contributed by atoms with Crippen LogP contribution in [0.1, 0.15) is 25.0 Å². The predicted octanol–water partition coefficient (Wildman–Crippen LogP) is -0.149. The molecule has 3 heterocycles. The molecule has 0 aromatic carbocycles. The number of nitrogens with zero attached hydrogens (tertiary/aromatic N) is 4. The Bertz CT molecular complexity index is 584. The molecule has 124 valence electrons. The van der Waals surface area contributed by atoms with Crippen LogP contribution in [0.5, 0.6) is 0 Å². The van der Waals surface area contributed by atoms with Crippen molar-refractivity contribution in [3.05, 3.63) is 24.3 Å². The first-order valence-electron chi connectivity index (χ1n) is 7.96. The van der Waals surface area contributed by atoms with Gasteiger partial charge in [0.25, 0.3) is 0 Å². The third-order valence-electron chi connectivity index (χ3n) is 5.22. The summed E-state index contributed by atoms with van der Waals surface area (Å²) < 4.78 is 0. The number of amides is 2. The van der Waals surface area contributed by atoms with Crippen molar-refractivity contribution >= 4 is 11.8 Å². The summed E-state index contributed by atoms with van der Waals surface area (Å²) in [5.41, 5.74) is 0.524. The number of likely N-dealkylation sites (tertiary alicyclic amines) is 2. The highest BCUT2D eigenvalue weighted by Crippen LogP contribution is 2.44. The van der Waals surface area contributed by atoms with E-state index < -0.39 is 6.61 Å². The summed E-state index contributed by atoms with van der Waals surface area (Å²) >= 11 is 0. The first kappa shape index (κ1) is 15.9. The minimum atomic E-state index is -0.462. The second kappa shape index (κ2) is 6.23. The van der Waals surface area contributed by atoms with E-state index >= 15 is 0 Å². The lowest BCUT2D eigenvalue weighted by molar-refractivity contribution is -0.143. The van der Waals surface area contributed by atoms with E-state index in [-0.39, 0.29) is 23.3 Å². The molecule has 23 heavy (non-hydrogen) atoms. The lowest BCUT2D eigenvalue weighted by Crippen LogP contribution is -2.47. The maximum absolute atomic E-state index is 12.8. The molecule has 7 nitrogen and oxygen atoms in total. The molecule has 1 N–H and O–H groups in total. The van der Waals surface area contributed by atoms with Crippen LogP contribution in [0.3, 0.4) is 0 Å². The highest BCUT2D eigenvalue weighted by atomic mass is 16.3. The summed E-state index contributed by atoms with van der Waals surface area (Å²) in [6.45, 7) is 0.615. The summed E-state index contributed by atoms with van der Waals surface area (Å²) in [6.07, 6.45) is 7.88. The minimum Gasteiger partial charge on any atom is -0.387 e. The number of carbonyl (C=O) groups is 2. The molecule has 3 rings (SSSR count). The van der Waals surface area contributed by atoms with Crippen LogP contribution in [0.4, 0.5) is 0 Å². The maximum atomic E-state index is 12.8. The fourth-order valence-electron chi connectivity index (χ4n) is 3.80. The number of aliphatic hydroxyl groups is 1. The van der Waals surface area contributed by atoms with Crippen LogP contribution < -0.4 is 0 Å². The number of aliphatic hydroxyl groups excluding tert-OH is 1. The van der Waals surface area contributed by atoms with Gasteiger partial charge in [0.2, 0.25) is 11.8 Å². The largest absolute Gasteiger partial charge is 0.387 e. The van der Waals surface area contributed by atoms with Gasteiger partial charge in [0.05, 0.1) is 11.1 Å². The van der Waals surface area contributed by atoms with E-state index in [2.05, 4.69) is 9.97 Å². The van der Waals surface area contributed by atoms with Gasteiger partial charge in [0.1, 0.15) is 6.61 Å². The Morgan fingerprint density at radius 2 is 2.13 bits per heavy atom. The third-order valence-corrected chi connectivity index (χ3v) is 5.22. The Hall–Kier alpha value is -2.02. The molecule has 1 aromatic heterocycles. The van der Waals surface area contributed by atoms with Gasteiger partial charge < -0.3 is 14.9 Å². The van der Waals surface area contributed by atoms with Crippen LogP contribution >= 0.6 is 0 Å². The molecule has 2 fully saturated rings. The Morgan fingerprint density at radius 1 is 1.39 bits per heavy atom. The van der Waals surface area contributed by atoms with Gasteiger partial charge >= 0.3 is 0 Å². The van der Waals surface area contributed by atoms with Crippen LogP contribution in [0.15, 0.2) is 18.6 Å². The summed E-state index contributed by atoms with van der Waals surface area (Å²) in [4.78, 5) is 36.2. The van der Waals surface area contributed by atoms with E-state index in [0.29, 0.717) is 32.4 Å². The lowest BCUT2D eigenvalue weighted by Gasteiger charge is -2.37. The average Bonchev–Trinajstić information content (AvgIpc) is 2.81. The van der Waals surface area contributed by atoms with E-state index in [1.165, 1.54) is 0 Å². The second-order valence-corrected chi connectivity index (χ2v) is 6.49. The monoisotopic (exact) mass is 318 g/mol. The normalized spacial score (nSPS) is 23.6. The molecule has 7 heteroatoms. The van der Waals surface area contributed by atoms with Crippen LogP contribution in [-0.2, 0) is 16.0 Å².